The van der Waals surface area contributed by atoms with Crippen molar-refractivity contribution in [2.24, 2.45) is 0 Å². The van der Waals surface area contributed by atoms with Crippen LogP contribution in [-0.2, 0) is 44.6 Å². The van der Waals surface area contributed by atoms with Crippen molar-refractivity contribution < 1.29 is 62.2 Å². The monoisotopic (exact) mass is 870 g/mol. The van der Waals surface area contributed by atoms with Crippen molar-refractivity contribution >= 4 is 41.5 Å². The molecule has 0 amide bonds. The first-order valence-corrected chi connectivity index (χ1v) is 21.4. The van der Waals surface area contributed by atoms with Crippen LogP contribution in [-0.4, -0.2) is 71.0 Å². The highest BCUT2D eigenvalue weighted by Crippen LogP contribution is 2.31. The number of rotatable bonds is 30. The van der Waals surface area contributed by atoms with Crippen LogP contribution in [0.5, 0.6) is 17.2 Å². The van der Waals surface area contributed by atoms with E-state index < -0.39 is 23.9 Å². The average Bonchev–Trinajstić information content (AvgIpc) is 3.30. The summed E-state index contributed by atoms with van der Waals surface area (Å²) in [5.74, 6) is -1.48. The number of aryl methyl sites for hydroxylation is 1. The molecule has 0 saturated carbocycles. The fourth-order valence-corrected chi connectivity index (χ4v) is 6.23. The molecule has 3 rings (SSSR count). The van der Waals surface area contributed by atoms with Gasteiger partial charge in [0, 0.05) is 11.6 Å². The summed E-state index contributed by atoms with van der Waals surface area (Å²) in [4.78, 5) is 72.1. The Bertz CT molecular complexity index is 2000. The summed E-state index contributed by atoms with van der Waals surface area (Å²) < 4.78 is 31.3. The zero-order valence-electron chi connectivity index (χ0n) is 37.2. The summed E-state index contributed by atoms with van der Waals surface area (Å²) in [6, 6.07) is 16.5. The Morgan fingerprint density at radius 3 is 1.81 bits per heavy atom. The molecule has 0 aliphatic carbocycles. The predicted molar refractivity (Wildman–Crippen MR) is 239 cm³/mol. The maximum absolute atomic E-state index is 13.5. The number of ether oxygens (including phenoxy) is 6. The van der Waals surface area contributed by atoms with E-state index in [-0.39, 0.29) is 23.9 Å². The van der Waals surface area contributed by atoms with E-state index in [0.29, 0.717) is 59.0 Å². The highest BCUT2D eigenvalue weighted by atomic mass is 17.2. The zero-order valence-corrected chi connectivity index (χ0v) is 37.2. The van der Waals surface area contributed by atoms with Crippen LogP contribution in [0.25, 0.3) is 11.6 Å². The van der Waals surface area contributed by atoms with Gasteiger partial charge in [-0.2, -0.15) is 4.89 Å². The molecule has 0 unspecified atom stereocenters. The van der Waals surface area contributed by atoms with Crippen LogP contribution in [0.15, 0.2) is 85.5 Å². The summed E-state index contributed by atoms with van der Waals surface area (Å²) in [5.41, 5.74) is 3.29. The number of hydrogen-bond donors (Lipinski definition) is 0. The van der Waals surface area contributed by atoms with Gasteiger partial charge in [0.1, 0.15) is 5.75 Å². The van der Waals surface area contributed by atoms with Crippen LogP contribution in [0.4, 0.5) is 0 Å². The third-order valence-corrected chi connectivity index (χ3v) is 9.89. The number of carbonyl (C=O) groups excluding carboxylic acids is 5. The summed E-state index contributed by atoms with van der Waals surface area (Å²) in [6.07, 6.45) is 15.7. The van der Waals surface area contributed by atoms with Crippen LogP contribution in [0.2, 0.25) is 0 Å². The Hall–Kier alpha value is -6.21. The van der Waals surface area contributed by atoms with E-state index in [4.69, 9.17) is 33.5 Å². The molecular weight excluding hydrogens is 809 g/mol. The Balaban J connectivity index is 1.48. The lowest BCUT2D eigenvalue weighted by Crippen LogP contribution is -2.12. The molecule has 3 aromatic carbocycles. The predicted octanol–water partition coefficient (Wildman–Crippen LogP) is 10.2. The van der Waals surface area contributed by atoms with Gasteiger partial charge in [-0.05, 0) is 98.2 Å². The van der Waals surface area contributed by atoms with Crippen LogP contribution >= 0.6 is 0 Å². The van der Waals surface area contributed by atoms with E-state index in [1.165, 1.54) is 27.4 Å². The van der Waals surface area contributed by atoms with E-state index >= 15 is 0 Å². The second kappa shape index (κ2) is 29.2. The molecule has 63 heavy (non-hydrogen) atoms. The fraction of sp³-hybridized carbons (Fsp3) is 0.420. The summed E-state index contributed by atoms with van der Waals surface area (Å²) in [7, 11) is 4.07. The lowest BCUT2D eigenvalue weighted by Gasteiger charge is -2.13. The van der Waals surface area contributed by atoms with Gasteiger partial charge in [0.15, 0.2) is 5.75 Å². The molecular formula is C50H62O13. The maximum Gasteiger partial charge on any atom is 0.343 e. The van der Waals surface area contributed by atoms with Gasteiger partial charge in [-0.1, -0.05) is 95.2 Å². The number of hydrogen-bond acceptors (Lipinski definition) is 13. The lowest BCUT2D eigenvalue weighted by atomic mass is 10.0. The minimum Gasteiger partial charge on any atom is -0.493 e. The van der Waals surface area contributed by atoms with Gasteiger partial charge in [0.2, 0.25) is 5.75 Å². The second-order valence-corrected chi connectivity index (χ2v) is 14.8. The molecule has 340 valence electrons. The van der Waals surface area contributed by atoms with Crippen molar-refractivity contribution in [3.63, 3.8) is 0 Å². The second-order valence-electron chi connectivity index (χ2n) is 14.8. The van der Waals surface area contributed by atoms with Crippen LogP contribution < -0.4 is 14.4 Å². The molecule has 0 aliphatic rings. The van der Waals surface area contributed by atoms with E-state index in [2.05, 4.69) is 17.9 Å². The van der Waals surface area contributed by atoms with E-state index in [9.17, 15) is 24.0 Å². The largest absolute Gasteiger partial charge is 0.493 e. The Labute approximate surface area is 371 Å². The van der Waals surface area contributed by atoms with Crippen molar-refractivity contribution in [1.29, 1.82) is 0 Å². The Kier molecular flexibility index (Phi) is 23.7. The quantitative estimate of drug-likeness (QED) is 0.0119. The number of benzene rings is 3. The molecule has 0 aliphatic heterocycles. The third kappa shape index (κ3) is 19.2. The molecule has 0 atom stereocenters. The normalized spacial score (nSPS) is 10.8. The first-order chi connectivity index (χ1) is 30.5. The Morgan fingerprint density at radius 2 is 1.19 bits per heavy atom. The van der Waals surface area contributed by atoms with Gasteiger partial charge in [0.25, 0.3) is 0 Å². The SMILES string of the molecule is C=C(C)C(=O)OCCCCCCCCCCCOC(=O)c1cc(OC(=O)c2ccc(C=CC(=O)OC)cc2)ccc1CCCCCCOOc1ccc(C(=C)C(=O)OC)cc1OC. The van der Waals surface area contributed by atoms with Crippen molar-refractivity contribution in [3.8, 4) is 17.2 Å². The van der Waals surface area contributed by atoms with E-state index in [1.807, 2.05) is 0 Å². The molecule has 13 nitrogen and oxygen atoms in total. The molecule has 0 bridgehead atoms. The van der Waals surface area contributed by atoms with Gasteiger partial charge < -0.3 is 33.3 Å². The van der Waals surface area contributed by atoms with Crippen molar-refractivity contribution in [3.05, 3.63) is 113 Å². The topological polar surface area (TPSA) is 159 Å². The summed E-state index contributed by atoms with van der Waals surface area (Å²) in [6.45, 7) is 10.0. The Morgan fingerprint density at radius 1 is 0.587 bits per heavy atom. The van der Waals surface area contributed by atoms with Crippen LogP contribution in [0.1, 0.15) is 128 Å². The van der Waals surface area contributed by atoms with Gasteiger partial charge >= 0.3 is 29.8 Å². The number of unbranched alkanes of at least 4 members (excludes halogenated alkanes) is 11. The highest BCUT2D eigenvalue weighted by Gasteiger charge is 2.18. The first-order valence-electron chi connectivity index (χ1n) is 21.4. The van der Waals surface area contributed by atoms with E-state index in [0.717, 1.165) is 89.0 Å². The highest BCUT2D eigenvalue weighted by molar-refractivity contribution is 6.15. The first kappa shape index (κ1) is 51.1. The molecule has 0 aromatic heterocycles. The summed E-state index contributed by atoms with van der Waals surface area (Å²) >= 11 is 0. The lowest BCUT2D eigenvalue weighted by molar-refractivity contribution is -0.208. The standard InChI is InChI=1S/C50H62O13/c1-36(2)47(52)59-31-17-13-10-8-7-9-11-14-18-32-60-50(55)43-35-42(62-49(54)40-24-21-38(22-25-40)23-30-46(51)57-5)28-26-39(43)20-16-12-15-19-33-61-63-44-29-27-41(34-45(44)56-4)37(3)48(53)58-6/h21-30,34-35H,1,3,7-20,31-33H2,2,4-6H3. The minimum absolute atomic E-state index is 0.192. The summed E-state index contributed by atoms with van der Waals surface area (Å²) in [5, 5.41) is 0. The minimum atomic E-state index is -0.596. The van der Waals surface area contributed by atoms with Gasteiger partial charge in [-0.15, -0.1) is 0 Å². The van der Waals surface area contributed by atoms with Gasteiger partial charge in [0.05, 0.1) is 57.9 Å². The van der Waals surface area contributed by atoms with Gasteiger partial charge in [-0.3, -0.25) is 0 Å². The average molecular weight is 871 g/mol. The molecule has 0 fully saturated rings. The number of esters is 5. The van der Waals surface area contributed by atoms with Gasteiger partial charge in [-0.25, -0.2) is 24.0 Å². The van der Waals surface area contributed by atoms with Crippen molar-refractivity contribution in [1.82, 2.24) is 0 Å². The van der Waals surface area contributed by atoms with Crippen molar-refractivity contribution in [2.75, 3.05) is 41.2 Å². The fourth-order valence-electron chi connectivity index (χ4n) is 6.23. The molecule has 0 saturated heterocycles. The molecule has 0 N–H and O–H groups in total. The number of methoxy groups -OCH3 is 3. The number of carbonyl (C=O) groups is 5. The smallest absolute Gasteiger partial charge is 0.343 e. The zero-order chi connectivity index (χ0) is 45.8. The van der Waals surface area contributed by atoms with Crippen LogP contribution in [0, 0.1) is 0 Å². The maximum atomic E-state index is 13.5. The van der Waals surface area contributed by atoms with E-state index in [1.54, 1.807) is 73.7 Å². The van der Waals surface area contributed by atoms with Crippen LogP contribution in [0.3, 0.4) is 0 Å². The van der Waals surface area contributed by atoms with Crippen molar-refractivity contribution in [2.45, 2.75) is 96.8 Å². The molecule has 0 heterocycles. The molecule has 0 spiro atoms. The molecule has 0 radical (unpaired) electrons. The molecule has 13 heteroatoms. The third-order valence-electron chi connectivity index (χ3n) is 9.89. The molecule has 3 aromatic rings.